The summed E-state index contributed by atoms with van der Waals surface area (Å²) in [5.74, 6) is 0.695. The zero-order valence-corrected chi connectivity index (χ0v) is 21.8. The molecule has 11 heteroatoms. The van der Waals surface area contributed by atoms with Gasteiger partial charge < -0.3 is 9.47 Å². The standard InChI is InChI=1S/C27H22Cl2N6O3/c1-37-17-38-26-23(28)24(29)27(36)35(31-26)16-19-11-13-20(14-12-19)21-9-5-6-10-22(21)25-30-32-33-34(25)15-18-7-3-2-4-8-18/h2-14H,15-17H2,1H3. The largest absolute Gasteiger partial charge is 0.448 e. The Balaban J connectivity index is 1.42. The Kier molecular flexibility index (Phi) is 7.78. The topological polar surface area (TPSA) is 96.9 Å². The van der Waals surface area contributed by atoms with Crippen LogP contribution in [0.2, 0.25) is 10.0 Å². The molecule has 0 amide bonds. The van der Waals surface area contributed by atoms with Crippen molar-refractivity contribution < 1.29 is 9.47 Å². The molecular formula is C27H22Cl2N6O3. The highest BCUT2D eigenvalue weighted by Crippen LogP contribution is 2.31. The number of nitrogens with zero attached hydrogens (tertiary/aromatic N) is 6. The van der Waals surface area contributed by atoms with Gasteiger partial charge in [0.2, 0.25) is 0 Å². The molecule has 5 aromatic rings. The number of tetrazole rings is 1. The van der Waals surface area contributed by atoms with Gasteiger partial charge in [-0.2, -0.15) is 0 Å². The quantitative estimate of drug-likeness (QED) is 0.240. The molecule has 0 spiro atoms. The van der Waals surface area contributed by atoms with Gasteiger partial charge in [0.25, 0.3) is 11.4 Å². The lowest BCUT2D eigenvalue weighted by atomic mass is 9.98. The maximum absolute atomic E-state index is 12.6. The molecule has 0 N–H and O–H groups in total. The highest BCUT2D eigenvalue weighted by molar-refractivity contribution is 6.42. The number of halogens is 2. The lowest BCUT2D eigenvalue weighted by Crippen LogP contribution is -2.25. The number of rotatable bonds is 9. The molecule has 2 aromatic heterocycles. The number of ether oxygens (including phenoxy) is 2. The van der Waals surface area contributed by atoms with Gasteiger partial charge in [0.05, 0.1) is 13.1 Å². The minimum atomic E-state index is -0.513. The highest BCUT2D eigenvalue weighted by atomic mass is 35.5. The lowest BCUT2D eigenvalue weighted by Gasteiger charge is -2.12. The fourth-order valence-corrected chi connectivity index (χ4v) is 4.32. The number of methoxy groups -OCH3 is 1. The van der Waals surface area contributed by atoms with E-state index in [1.54, 1.807) is 4.68 Å². The van der Waals surface area contributed by atoms with Crippen molar-refractivity contribution in [2.24, 2.45) is 0 Å². The first-order valence-corrected chi connectivity index (χ1v) is 12.4. The fourth-order valence-electron chi connectivity index (χ4n) is 3.97. The van der Waals surface area contributed by atoms with Crippen LogP contribution in [0.4, 0.5) is 0 Å². The van der Waals surface area contributed by atoms with Gasteiger partial charge in [0.1, 0.15) is 10.0 Å². The molecule has 0 aliphatic rings. The van der Waals surface area contributed by atoms with E-state index in [1.807, 2.05) is 78.9 Å². The molecule has 0 radical (unpaired) electrons. The molecule has 0 bridgehead atoms. The van der Waals surface area contributed by atoms with Crippen molar-refractivity contribution in [1.29, 1.82) is 0 Å². The summed E-state index contributed by atoms with van der Waals surface area (Å²) in [7, 11) is 1.47. The molecule has 192 valence electrons. The van der Waals surface area contributed by atoms with Gasteiger partial charge >= 0.3 is 0 Å². The van der Waals surface area contributed by atoms with E-state index in [1.165, 1.54) is 11.8 Å². The van der Waals surface area contributed by atoms with Crippen LogP contribution in [0, 0.1) is 0 Å². The van der Waals surface area contributed by atoms with Crippen LogP contribution in [0.1, 0.15) is 11.1 Å². The predicted molar refractivity (Wildman–Crippen MR) is 144 cm³/mol. The monoisotopic (exact) mass is 548 g/mol. The van der Waals surface area contributed by atoms with Crippen LogP contribution < -0.4 is 10.3 Å². The molecule has 0 atom stereocenters. The van der Waals surface area contributed by atoms with E-state index in [-0.39, 0.29) is 29.3 Å². The van der Waals surface area contributed by atoms with Crippen molar-refractivity contribution in [2.45, 2.75) is 13.1 Å². The summed E-state index contributed by atoms with van der Waals surface area (Å²) in [6.07, 6.45) is 0. The van der Waals surface area contributed by atoms with Crippen molar-refractivity contribution in [3.8, 4) is 28.4 Å². The minimum Gasteiger partial charge on any atom is -0.448 e. The molecule has 0 aliphatic carbocycles. The van der Waals surface area contributed by atoms with Crippen molar-refractivity contribution in [2.75, 3.05) is 13.9 Å². The van der Waals surface area contributed by atoms with Gasteiger partial charge in [0.15, 0.2) is 12.6 Å². The van der Waals surface area contributed by atoms with Crippen LogP contribution in [0.5, 0.6) is 5.88 Å². The second kappa shape index (κ2) is 11.6. The predicted octanol–water partition coefficient (Wildman–Crippen LogP) is 4.95. The first-order chi connectivity index (χ1) is 18.5. The van der Waals surface area contributed by atoms with E-state index in [4.69, 9.17) is 32.7 Å². The summed E-state index contributed by atoms with van der Waals surface area (Å²) < 4.78 is 13.2. The number of aromatic nitrogens is 6. The number of hydrogen-bond acceptors (Lipinski definition) is 7. The van der Waals surface area contributed by atoms with E-state index in [9.17, 15) is 4.79 Å². The fraction of sp³-hybridized carbons (Fsp3) is 0.148. The Morgan fingerprint density at radius 1 is 0.789 bits per heavy atom. The van der Waals surface area contributed by atoms with Crippen LogP contribution in [0.15, 0.2) is 83.7 Å². The Morgan fingerprint density at radius 2 is 1.45 bits per heavy atom. The second-order valence-corrected chi connectivity index (χ2v) is 9.09. The second-order valence-electron chi connectivity index (χ2n) is 8.34. The molecule has 0 fully saturated rings. The summed E-state index contributed by atoms with van der Waals surface area (Å²) in [4.78, 5) is 12.6. The van der Waals surface area contributed by atoms with E-state index >= 15 is 0 Å². The molecule has 2 heterocycles. The molecule has 0 saturated carbocycles. The van der Waals surface area contributed by atoms with Crippen molar-refractivity contribution in [3.05, 3.63) is 110 Å². The summed E-state index contributed by atoms with van der Waals surface area (Å²) >= 11 is 12.2. The molecule has 0 saturated heterocycles. The van der Waals surface area contributed by atoms with Gasteiger partial charge in [-0.15, -0.1) is 10.2 Å². The van der Waals surface area contributed by atoms with E-state index in [0.29, 0.717) is 12.4 Å². The Morgan fingerprint density at radius 3 is 2.18 bits per heavy atom. The van der Waals surface area contributed by atoms with Crippen LogP contribution in [-0.2, 0) is 17.8 Å². The number of hydrogen-bond donors (Lipinski definition) is 0. The van der Waals surface area contributed by atoms with Crippen molar-refractivity contribution >= 4 is 23.2 Å². The normalized spacial score (nSPS) is 11.0. The molecule has 9 nitrogen and oxygen atoms in total. The maximum Gasteiger partial charge on any atom is 0.287 e. The molecule has 0 aliphatic heterocycles. The first-order valence-electron chi connectivity index (χ1n) is 11.6. The average molecular weight is 549 g/mol. The van der Waals surface area contributed by atoms with Crippen molar-refractivity contribution in [1.82, 2.24) is 30.0 Å². The highest BCUT2D eigenvalue weighted by Gasteiger charge is 2.17. The molecule has 5 rings (SSSR count). The lowest BCUT2D eigenvalue weighted by molar-refractivity contribution is 0.0464. The Labute approximate surface area is 228 Å². The van der Waals surface area contributed by atoms with Crippen LogP contribution in [-0.4, -0.2) is 43.9 Å². The average Bonchev–Trinajstić information content (AvgIpc) is 3.41. The molecular weight excluding hydrogens is 527 g/mol. The van der Waals surface area contributed by atoms with Crippen LogP contribution in [0.3, 0.4) is 0 Å². The van der Waals surface area contributed by atoms with Gasteiger partial charge in [-0.1, -0.05) is 102 Å². The van der Waals surface area contributed by atoms with Gasteiger partial charge in [-0.05, 0) is 32.7 Å². The number of benzene rings is 3. The van der Waals surface area contributed by atoms with Crippen LogP contribution in [0.25, 0.3) is 22.5 Å². The van der Waals surface area contributed by atoms with E-state index in [0.717, 1.165) is 27.8 Å². The maximum atomic E-state index is 12.6. The summed E-state index contributed by atoms with van der Waals surface area (Å²) in [6.45, 7) is 0.651. The summed E-state index contributed by atoms with van der Waals surface area (Å²) in [6, 6.07) is 25.8. The smallest absolute Gasteiger partial charge is 0.287 e. The molecule has 0 unspecified atom stereocenters. The third-order valence-electron chi connectivity index (χ3n) is 5.80. The molecule has 3 aromatic carbocycles. The minimum absolute atomic E-state index is 0.0249. The first kappa shape index (κ1) is 25.6. The van der Waals surface area contributed by atoms with E-state index in [2.05, 4.69) is 20.6 Å². The Bertz CT molecular complexity index is 1600. The molecule has 38 heavy (non-hydrogen) atoms. The zero-order valence-electron chi connectivity index (χ0n) is 20.3. The van der Waals surface area contributed by atoms with Gasteiger partial charge in [0, 0.05) is 12.7 Å². The summed E-state index contributed by atoms with van der Waals surface area (Å²) in [5.41, 5.74) is 4.28. The van der Waals surface area contributed by atoms with Gasteiger partial charge in [-0.25, -0.2) is 9.36 Å². The van der Waals surface area contributed by atoms with Gasteiger partial charge in [-0.3, -0.25) is 4.79 Å². The van der Waals surface area contributed by atoms with Crippen LogP contribution >= 0.6 is 23.2 Å². The zero-order chi connectivity index (χ0) is 26.5. The third kappa shape index (κ3) is 5.45. The van der Waals surface area contributed by atoms with Crippen molar-refractivity contribution in [3.63, 3.8) is 0 Å². The summed E-state index contributed by atoms with van der Waals surface area (Å²) in [5, 5.41) is 16.4. The van der Waals surface area contributed by atoms with E-state index < -0.39 is 5.56 Å². The Hall–Kier alpha value is -4.05. The third-order valence-corrected chi connectivity index (χ3v) is 6.60. The SMILES string of the molecule is COCOc1nn(Cc2ccc(-c3ccccc3-c3nnnn3Cc3ccccc3)cc2)c(=O)c(Cl)c1Cl.